The first-order chi connectivity index (χ1) is 5.24. The topological polar surface area (TPSA) is 33.1 Å². The summed E-state index contributed by atoms with van der Waals surface area (Å²) in [6, 6.07) is 3.29. The van der Waals surface area contributed by atoms with Crippen LogP contribution in [-0.2, 0) is 0 Å². The first-order valence-electron chi connectivity index (χ1n) is 3.09. The highest BCUT2D eigenvalue weighted by Crippen LogP contribution is 2.13. The predicted molar refractivity (Wildman–Crippen MR) is 42.9 cm³/mol. The highest BCUT2D eigenvalue weighted by atomic mass is 79.9. The van der Waals surface area contributed by atoms with Crippen molar-refractivity contribution < 1.29 is 9.50 Å². The largest absolute Gasteiger partial charge is 0.386 e. The summed E-state index contributed by atoms with van der Waals surface area (Å²) in [5.41, 5.74) is 0.496. The van der Waals surface area contributed by atoms with Crippen molar-refractivity contribution in [1.29, 1.82) is 0 Å². The normalized spacial score (nSPS) is 13.0. The SMILES string of the molecule is OC(CF)c1ccc(Br)nc1. The zero-order valence-electron chi connectivity index (χ0n) is 5.67. The minimum Gasteiger partial charge on any atom is -0.386 e. The number of nitrogens with zero attached hydrogens (tertiary/aromatic N) is 1. The van der Waals surface area contributed by atoms with Crippen molar-refractivity contribution in [3.8, 4) is 0 Å². The van der Waals surface area contributed by atoms with Gasteiger partial charge in [0.25, 0.3) is 0 Å². The maximum Gasteiger partial charge on any atom is 0.120 e. The quantitative estimate of drug-likeness (QED) is 0.771. The Kier molecular flexibility index (Phi) is 2.96. The molecule has 2 nitrogen and oxygen atoms in total. The molecule has 1 atom stereocenters. The van der Waals surface area contributed by atoms with E-state index in [1.54, 1.807) is 12.1 Å². The molecular weight excluding hydrogens is 213 g/mol. The van der Waals surface area contributed by atoms with Gasteiger partial charge in [0.15, 0.2) is 0 Å². The zero-order valence-corrected chi connectivity index (χ0v) is 7.25. The highest BCUT2D eigenvalue weighted by Gasteiger charge is 2.05. The maximum absolute atomic E-state index is 11.9. The van der Waals surface area contributed by atoms with E-state index in [2.05, 4.69) is 20.9 Å². The molecule has 0 aliphatic heterocycles. The maximum atomic E-state index is 11.9. The summed E-state index contributed by atoms with van der Waals surface area (Å²) in [7, 11) is 0. The number of hydrogen-bond donors (Lipinski definition) is 1. The molecule has 4 heteroatoms. The van der Waals surface area contributed by atoms with Crippen molar-refractivity contribution in [1.82, 2.24) is 4.98 Å². The van der Waals surface area contributed by atoms with Crippen molar-refractivity contribution in [2.24, 2.45) is 0 Å². The molecule has 1 unspecified atom stereocenters. The molecule has 0 radical (unpaired) electrons. The van der Waals surface area contributed by atoms with E-state index in [4.69, 9.17) is 5.11 Å². The van der Waals surface area contributed by atoms with Gasteiger partial charge in [-0.1, -0.05) is 6.07 Å². The van der Waals surface area contributed by atoms with Crippen molar-refractivity contribution >= 4 is 15.9 Å². The fourth-order valence-electron chi connectivity index (χ4n) is 0.673. The van der Waals surface area contributed by atoms with E-state index in [0.29, 0.717) is 10.2 Å². The Morgan fingerprint density at radius 2 is 2.36 bits per heavy atom. The standard InChI is InChI=1S/C7H7BrFNO/c8-7-2-1-5(4-10-7)6(11)3-9/h1-2,4,6,11H,3H2. The van der Waals surface area contributed by atoms with E-state index >= 15 is 0 Å². The molecule has 0 spiro atoms. The fraction of sp³-hybridized carbons (Fsp3) is 0.286. The van der Waals surface area contributed by atoms with Gasteiger partial charge in [0.2, 0.25) is 0 Å². The van der Waals surface area contributed by atoms with Crippen LogP contribution in [0.2, 0.25) is 0 Å². The van der Waals surface area contributed by atoms with Gasteiger partial charge in [0.1, 0.15) is 17.4 Å². The third kappa shape index (κ3) is 2.24. The van der Waals surface area contributed by atoms with Crippen LogP contribution in [0.3, 0.4) is 0 Å². The molecule has 1 rings (SSSR count). The van der Waals surface area contributed by atoms with Crippen LogP contribution >= 0.6 is 15.9 Å². The molecule has 1 aromatic rings. The van der Waals surface area contributed by atoms with E-state index < -0.39 is 12.8 Å². The van der Waals surface area contributed by atoms with Crippen LogP contribution in [0.25, 0.3) is 0 Å². The molecule has 0 aliphatic rings. The molecule has 0 saturated carbocycles. The first kappa shape index (κ1) is 8.62. The van der Waals surface area contributed by atoms with Crippen molar-refractivity contribution in [3.05, 3.63) is 28.5 Å². The van der Waals surface area contributed by atoms with E-state index in [1.807, 2.05) is 0 Å². The average molecular weight is 220 g/mol. The first-order valence-corrected chi connectivity index (χ1v) is 3.89. The average Bonchev–Trinajstić information content (AvgIpc) is 2.05. The fourth-order valence-corrected chi connectivity index (χ4v) is 0.908. The van der Waals surface area contributed by atoms with Crippen LogP contribution in [0.4, 0.5) is 4.39 Å². The number of halogens is 2. The molecule has 0 fully saturated rings. The van der Waals surface area contributed by atoms with Gasteiger partial charge in [-0.2, -0.15) is 0 Å². The van der Waals surface area contributed by atoms with Crippen LogP contribution in [0, 0.1) is 0 Å². The third-order valence-electron chi connectivity index (χ3n) is 1.28. The van der Waals surface area contributed by atoms with Crippen LogP contribution in [0.5, 0.6) is 0 Å². The van der Waals surface area contributed by atoms with Crippen LogP contribution < -0.4 is 0 Å². The minimum absolute atomic E-state index is 0.496. The lowest BCUT2D eigenvalue weighted by molar-refractivity contribution is 0.141. The molecule has 0 aromatic carbocycles. The minimum atomic E-state index is -1.05. The van der Waals surface area contributed by atoms with Gasteiger partial charge < -0.3 is 5.11 Å². The predicted octanol–water partition coefficient (Wildman–Crippen LogP) is 1.85. The lowest BCUT2D eigenvalue weighted by Gasteiger charge is -2.04. The summed E-state index contributed by atoms with van der Waals surface area (Å²) in [6.45, 7) is -0.774. The number of rotatable bonds is 2. The van der Waals surface area contributed by atoms with E-state index in [1.165, 1.54) is 6.20 Å². The van der Waals surface area contributed by atoms with Crippen molar-refractivity contribution in [2.45, 2.75) is 6.10 Å². The molecule has 0 bridgehead atoms. The summed E-state index contributed by atoms with van der Waals surface area (Å²) in [4.78, 5) is 3.84. The van der Waals surface area contributed by atoms with Gasteiger partial charge in [-0.25, -0.2) is 9.37 Å². The van der Waals surface area contributed by atoms with Gasteiger partial charge in [-0.15, -0.1) is 0 Å². The summed E-state index contributed by atoms with van der Waals surface area (Å²) in [5, 5.41) is 8.99. The van der Waals surface area contributed by atoms with E-state index in [-0.39, 0.29) is 0 Å². The Bertz CT molecular complexity index is 226. The lowest BCUT2D eigenvalue weighted by Crippen LogP contribution is -1.99. The number of aliphatic hydroxyl groups is 1. The van der Waals surface area contributed by atoms with Crippen molar-refractivity contribution in [2.75, 3.05) is 6.67 Å². The number of hydrogen-bond acceptors (Lipinski definition) is 2. The second-order valence-corrected chi connectivity index (χ2v) is 2.90. The van der Waals surface area contributed by atoms with Gasteiger partial charge in [0.05, 0.1) is 0 Å². The molecule has 11 heavy (non-hydrogen) atoms. The van der Waals surface area contributed by atoms with Gasteiger partial charge >= 0.3 is 0 Å². The molecule has 1 heterocycles. The monoisotopic (exact) mass is 219 g/mol. The second kappa shape index (κ2) is 3.78. The molecule has 0 amide bonds. The van der Waals surface area contributed by atoms with Crippen LogP contribution in [0.1, 0.15) is 11.7 Å². The zero-order chi connectivity index (χ0) is 8.27. The number of aromatic nitrogens is 1. The summed E-state index contributed by atoms with van der Waals surface area (Å²) in [5.74, 6) is 0. The lowest BCUT2D eigenvalue weighted by atomic mass is 10.2. The summed E-state index contributed by atoms with van der Waals surface area (Å²) in [6.07, 6.45) is 0.393. The molecule has 1 N–H and O–H groups in total. The van der Waals surface area contributed by atoms with Gasteiger partial charge in [-0.3, -0.25) is 0 Å². The smallest absolute Gasteiger partial charge is 0.120 e. The van der Waals surface area contributed by atoms with Crippen LogP contribution in [0.15, 0.2) is 22.9 Å². The molecular formula is C7H7BrFNO. The molecule has 60 valence electrons. The van der Waals surface area contributed by atoms with Crippen molar-refractivity contribution in [3.63, 3.8) is 0 Å². The van der Waals surface area contributed by atoms with Gasteiger partial charge in [0, 0.05) is 11.8 Å². The number of pyridine rings is 1. The Morgan fingerprint density at radius 3 is 2.82 bits per heavy atom. The highest BCUT2D eigenvalue weighted by molar-refractivity contribution is 9.10. The Hall–Kier alpha value is -0.480. The van der Waals surface area contributed by atoms with Gasteiger partial charge in [-0.05, 0) is 22.0 Å². The molecule has 1 aromatic heterocycles. The second-order valence-electron chi connectivity index (χ2n) is 2.08. The molecule has 0 saturated heterocycles. The van der Waals surface area contributed by atoms with Crippen LogP contribution in [-0.4, -0.2) is 16.8 Å². The molecule has 0 aliphatic carbocycles. The number of aliphatic hydroxyl groups excluding tert-OH is 1. The van der Waals surface area contributed by atoms with E-state index in [9.17, 15) is 4.39 Å². The third-order valence-corrected chi connectivity index (χ3v) is 1.75. The summed E-state index contributed by atoms with van der Waals surface area (Å²) < 4.78 is 12.6. The van der Waals surface area contributed by atoms with E-state index in [0.717, 1.165) is 0 Å². The Morgan fingerprint density at radius 1 is 1.64 bits per heavy atom. The Balaban J connectivity index is 2.81. The summed E-state index contributed by atoms with van der Waals surface area (Å²) >= 11 is 3.13. The Labute approximate surface area is 72.2 Å². The number of alkyl halides is 1.